The predicted molar refractivity (Wildman–Crippen MR) is 91.4 cm³/mol. The van der Waals surface area contributed by atoms with E-state index in [0.29, 0.717) is 5.56 Å². The minimum absolute atomic E-state index is 0.199. The summed E-state index contributed by atoms with van der Waals surface area (Å²) in [4.78, 5) is 40.9. The standard InChI is InChI=1S/C17H16F2NO6P/c18-17(19,27(24,25)26)13-8-6-11(7-9-13)10-14(16(22)23)20-15(21)12-4-2-1-3-5-12/h1-9,14H,10H2,(H,20,21)(H,22,23)(H2,24,25,26)/t14-/m1/s1. The number of alkyl halides is 2. The van der Waals surface area contributed by atoms with Crippen molar-refractivity contribution >= 4 is 19.5 Å². The highest BCUT2D eigenvalue weighted by Gasteiger charge is 2.50. The maximum Gasteiger partial charge on any atom is 0.399 e. The number of nitrogens with one attached hydrogen (secondary N) is 1. The Bertz CT molecular complexity index is 867. The minimum atomic E-state index is -5.69. The van der Waals surface area contributed by atoms with E-state index in [-0.39, 0.29) is 12.0 Å². The van der Waals surface area contributed by atoms with Crippen LogP contribution in [0.3, 0.4) is 0 Å². The van der Waals surface area contributed by atoms with E-state index in [4.69, 9.17) is 9.79 Å². The summed E-state index contributed by atoms with van der Waals surface area (Å²) in [6.45, 7) is 0. The SMILES string of the molecule is O=C(N[C@H](Cc1ccc(C(F)(F)P(=O)(O)O)cc1)C(=O)O)c1ccccc1. The minimum Gasteiger partial charge on any atom is -0.480 e. The van der Waals surface area contributed by atoms with E-state index < -0.39 is 36.7 Å². The number of rotatable bonds is 7. The van der Waals surface area contributed by atoms with Crippen LogP contribution in [0.25, 0.3) is 0 Å². The first-order valence-corrected chi connectivity index (χ1v) is 9.25. The number of carbonyl (C=O) groups is 2. The molecular weight excluding hydrogens is 383 g/mol. The molecule has 0 radical (unpaired) electrons. The van der Waals surface area contributed by atoms with Gasteiger partial charge in [-0.1, -0.05) is 42.5 Å². The molecule has 0 aromatic heterocycles. The van der Waals surface area contributed by atoms with Gasteiger partial charge in [-0.15, -0.1) is 0 Å². The number of carboxylic acid groups (broad SMARTS) is 1. The number of benzene rings is 2. The lowest BCUT2D eigenvalue weighted by Crippen LogP contribution is -2.42. The highest BCUT2D eigenvalue weighted by atomic mass is 31.2. The van der Waals surface area contributed by atoms with Gasteiger partial charge in [-0.25, -0.2) is 4.79 Å². The lowest BCUT2D eigenvalue weighted by molar-refractivity contribution is -0.139. The van der Waals surface area contributed by atoms with Gasteiger partial charge < -0.3 is 20.2 Å². The first-order valence-electron chi connectivity index (χ1n) is 7.64. The van der Waals surface area contributed by atoms with Gasteiger partial charge in [-0.2, -0.15) is 8.78 Å². The number of hydrogen-bond acceptors (Lipinski definition) is 3. The second-order valence-corrected chi connectivity index (χ2v) is 7.37. The van der Waals surface area contributed by atoms with Crippen LogP contribution in [0.1, 0.15) is 21.5 Å². The van der Waals surface area contributed by atoms with Gasteiger partial charge in [-0.3, -0.25) is 9.36 Å². The van der Waals surface area contributed by atoms with Gasteiger partial charge in [0.2, 0.25) is 0 Å². The number of hydrogen-bond donors (Lipinski definition) is 4. The van der Waals surface area contributed by atoms with E-state index >= 15 is 0 Å². The molecule has 0 aliphatic carbocycles. The lowest BCUT2D eigenvalue weighted by atomic mass is 10.0. The average Bonchev–Trinajstić information content (AvgIpc) is 2.61. The van der Waals surface area contributed by atoms with Gasteiger partial charge in [0.15, 0.2) is 0 Å². The van der Waals surface area contributed by atoms with Crippen molar-refractivity contribution < 1.29 is 37.8 Å². The monoisotopic (exact) mass is 399 g/mol. The summed E-state index contributed by atoms with van der Waals surface area (Å²) in [6.07, 6.45) is -0.199. The summed E-state index contributed by atoms with van der Waals surface area (Å²) in [6, 6.07) is 10.5. The van der Waals surface area contributed by atoms with Crippen LogP contribution in [0.15, 0.2) is 54.6 Å². The molecule has 0 saturated carbocycles. The van der Waals surface area contributed by atoms with Crippen LogP contribution >= 0.6 is 7.60 Å². The summed E-state index contributed by atoms with van der Waals surface area (Å²) in [5.41, 5.74) is -4.68. The van der Waals surface area contributed by atoms with Crippen molar-refractivity contribution in [3.05, 3.63) is 71.3 Å². The number of carboxylic acids is 1. The van der Waals surface area contributed by atoms with Crippen LogP contribution in [0.5, 0.6) is 0 Å². The van der Waals surface area contributed by atoms with Gasteiger partial charge in [0.1, 0.15) is 6.04 Å². The predicted octanol–water partition coefficient (Wildman–Crippen LogP) is 2.34. The van der Waals surface area contributed by atoms with E-state index in [9.17, 15) is 28.0 Å². The summed E-state index contributed by atoms with van der Waals surface area (Å²) in [7, 11) is -5.69. The molecule has 2 aromatic carbocycles. The van der Waals surface area contributed by atoms with Crippen LogP contribution in [-0.4, -0.2) is 32.8 Å². The molecule has 0 fully saturated rings. The molecular formula is C17H16F2NO6P. The molecule has 1 amide bonds. The lowest BCUT2D eigenvalue weighted by Gasteiger charge is -2.19. The quantitative estimate of drug-likeness (QED) is 0.530. The Balaban J connectivity index is 2.14. The van der Waals surface area contributed by atoms with E-state index in [1.165, 1.54) is 12.1 Å². The Morgan fingerprint density at radius 2 is 1.59 bits per heavy atom. The molecule has 27 heavy (non-hydrogen) atoms. The summed E-state index contributed by atoms with van der Waals surface area (Å²) >= 11 is 0. The number of amides is 1. The Morgan fingerprint density at radius 1 is 1.04 bits per heavy atom. The third kappa shape index (κ3) is 4.97. The van der Waals surface area contributed by atoms with Crippen LogP contribution in [0, 0.1) is 0 Å². The fourth-order valence-corrected chi connectivity index (χ4v) is 2.76. The van der Waals surface area contributed by atoms with E-state index in [1.54, 1.807) is 18.2 Å². The van der Waals surface area contributed by atoms with Gasteiger partial charge in [-0.05, 0) is 17.7 Å². The fourth-order valence-electron chi connectivity index (χ4n) is 2.28. The molecule has 144 valence electrons. The van der Waals surface area contributed by atoms with Gasteiger partial charge in [0.05, 0.1) is 0 Å². The highest BCUT2D eigenvalue weighted by Crippen LogP contribution is 2.59. The largest absolute Gasteiger partial charge is 0.480 e. The van der Waals surface area contributed by atoms with Crippen molar-refractivity contribution in [1.82, 2.24) is 5.32 Å². The zero-order valence-corrected chi connectivity index (χ0v) is 14.6. The van der Waals surface area contributed by atoms with Crippen molar-refractivity contribution in [2.45, 2.75) is 18.1 Å². The van der Waals surface area contributed by atoms with E-state index in [0.717, 1.165) is 24.3 Å². The smallest absolute Gasteiger partial charge is 0.399 e. The van der Waals surface area contributed by atoms with Crippen molar-refractivity contribution in [3.8, 4) is 0 Å². The molecule has 0 spiro atoms. The Morgan fingerprint density at radius 3 is 2.07 bits per heavy atom. The molecule has 10 heteroatoms. The molecule has 0 heterocycles. The topological polar surface area (TPSA) is 124 Å². The Kier molecular flexibility index (Phi) is 6.10. The molecule has 0 unspecified atom stereocenters. The number of carbonyl (C=O) groups excluding carboxylic acids is 1. The van der Waals surface area contributed by atoms with E-state index in [1.807, 2.05) is 0 Å². The summed E-state index contributed by atoms with van der Waals surface area (Å²) < 4.78 is 38.1. The zero-order chi connectivity index (χ0) is 20.2. The van der Waals surface area contributed by atoms with Crippen LogP contribution in [-0.2, 0) is 21.4 Å². The fraction of sp³-hybridized carbons (Fsp3) is 0.176. The molecule has 4 N–H and O–H groups in total. The van der Waals surface area contributed by atoms with Crippen molar-refractivity contribution in [2.75, 3.05) is 0 Å². The zero-order valence-electron chi connectivity index (χ0n) is 13.8. The molecule has 0 aliphatic rings. The molecule has 0 saturated heterocycles. The second kappa shape index (κ2) is 7.96. The van der Waals surface area contributed by atoms with Crippen LogP contribution in [0.2, 0.25) is 0 Å². The van der Waals surface area contributed by atoms with Crippen molar-refractivity contribution in [1.29, 1.82) is 0 Å². The summed E-state index contributed by atoms with van der Waals surface area (Å²) in [5.74, 6) is -1.92. The molecule has 0 aliphatic heterocycles. The van der Waals surface area contributed by atoms with Crippen LogP contribution < -0.4 is 5.32 Å². The first-order chi connectivity index (χ1) is 12.5. The third-order valence-electron chi connectivity index (χ3n) is 3.75. The third-order valence-corrected chi connectivity index (χ3v) is 4.74. The normalized spacial score (nSPS) is 13.0. The Labute approximate surface area is 152 Å². The molecule has 2 rings (SSSR count). The maximum absolute atomic E-state index is 13.6. The second-order valence-electron chi connectivity index (χ2n) is 5.72. The molecule has 7 nitrogen and oxygen atoms in total. The maximum atomic E-state index is 13.6. The van der Waals surface area contributed by atoms with Crippen molar-refractivity contribution in [2.24, 2.45) is 0 Å². The number of aliphatic carboxylic acids is 1. The Hall–Kier alpha value is -2.61. The molecule has 1 atom stereocenters. The average molecular weight is 399 g/mol. The van der Waals surface area contributed by atoms with Crippen LogP contribution in [0.4, 0.5) is 8.78 Å². The number of halogens is 2. The van der Waals surface area contributed by atoms with Gasteiger partial charge in [0, 0.05) is 17.5 Å². The van der Waals surface area contributed by atoms with Crippen molar-refractivity contribution in [3.63, 3.8) is 0 Å². The molecule has 2 aromatic rings. The van der Waals surface area contributed by atoms with Gasteiger partial charge >= 0.3 is 19.2 Å². The van der Waals surface area contributed by atoms with Gasteiger partial charge in [0.25, 0.3) is 5.91 Å². The highest BCUT2D eigenvalue weighted by molar-refractivity contribution is 7.52. The molecule has 0 bridgehead atoms. The van der Waals surface area contributed by atoms with E-state index in [2.05, 4.69) is 5.32 Å². The first kappa shape index (κ1) is 20.7. The summed E-state index contributed by atoms with van der Waals surface area (Å²) in [5, 5.41) is 11.6.